The van der Waals surface area contributed by atoms with Crippen molar-refractivity contribution in [3.05, 3.63) is 78.6 Å². The molecule has 0 aromatic carbocycles. The Bertz CT molecular complexity index is 924. The predicted octanol–water partition coefficient (Wildman–Crippen LogP) is 2.80. The molecule has 0 bridgehead atoms. The standard InChI is InChI=1S/C21H24N6S/c1-25(2)13-14-27-20(19(24-21(27)28)17-8-3-4-11-23-17)18-9-6-12-26(18)16-7-5-10-22-15-16/h3-12,15,19-20H,13-14H2,1-2H3,(H,24,28)/t19-,20-/m1/s1. The lowest BCUT2D eigenvalue weighted by molar-refractivity contribution is 0.272. The maximum atomic E-state index is 5.73. The van der Waals surface area contributed by atoms with Crippen molar-refractivity contribution in [3.63, 3.8) is 0 Å². The maximum absolute atomic E-state index is 5.73. The van der Waals surface area contributed by atoms with Gasteiger partial charge in [0.25, 0.3) is 0 Å². The van der Waals surface area contributed by atoms with E-state index in [0.717, 1.165) is 35.3 Å². The molecule has 3 aromatic rings. The minimum absolute atomic E-state index is 0.0128. The average molecular weight is 393 g/mol. The molecule has 4 heterocycles. The lowest BCUT2D eigenvalue weighted by Gasteiger charge is -2.29. The number of nitrogens with zero attached hydrogens (tertiary/aromatic N) is 5. The minimum atomic E-state index is -0.0128. The van der Waals surface area contributed by atoms with Crippen LogP contribution in [0.15, 0.2) is 67.3 Å². The highest BCUT2D eigenvalue weighted by Gasteiger charge is 2.41. The topological polar surface area (TPSA) is 49.2 Å². The van der Waals surface area contributed by atoms with Gasteiger partial charge in [-0.05, 0) is 62.7 Å². The Morgan fingerprint density at radius 2 is 2.00 bits per heavy atom. The molecule has 7 heteroatoms. The second-order valence-electron chi connectivity index (χ2n) is 7.14. The van der Waals surface area contributed by atoms with Crippen LogP contribution in [0.25, 0.3) is 5.69 Å². The molecule has 144 valence electrons. The van der Waals surface area contributed by atoms with Crippen molar-refractivity contribution in [1.29, 1.82) is 0 Å². The van der Waals surface area contributed by atoms with Crippen LogP contribution < -0.4 is 5.32 Å². The van der Waals surface area contributed by atoms with Gasteiger partial charge in [-0.25, -0.2) is 0 Å². The number of rotatable bonds is 6. The van der Waals surface area contributed by atoms with Gasteiger partial charge in [0.05, 0.1) is 29.7 Å². The molecule has 2 atom stereocenters. The number of aromatic nitrogens is 3. The summed E-state index contributed by atoms with van der Waals surface area (Å²) in [6.07, 6.45) is 7.58. The fourth-order valence-corrected chi connectivity index (χ4v) is 3.97. The SMILES string of the molecule is CN(C)CCN1C(=S)N[C@H](c2ccccn2)[C@H]1c1cccn1-c1cccnc1. The van der Waals surface area contributed by atoms with Crippen molar-refractivity contribution in [2.45, 2.75) is 12.1 Å². The third kappa shape index (κ3) is 3.63. The summed E-state index contributed by atoms with van der Waals surface area (Å²) in [6.45, 7) is 1.76. The number of pyridine rings is 2. The highest BCUT2D eigenvalue weighted by Crippen LogP contribution is 2.39. The molecule has 1 fully saturated rings. The number of nitrogens with one attached hydrogen (secondary N) is 1. The molecule has 1 aliphatic heterocycles. The van der Waals surface area contributed by atoms with Crippen molar-refractivity contribution in [1.82, 2.24) is 29.7 Å². The van der Waals surface area contributed by atoms with Crippen molar-refractivity contribution in [2.75, 3.05) is 27.2 Å². The zero-order chi connectivity index (χ0) is 19.5. The average Bonchev–Trinajstić information content (AvgIpc) is 3.32. The molecule has 0 radical (unpaired) electrons. The van der Waals surface area contributed by atoms with E-state index in [1.54, 1.807) is 6.20 Å². The first kappa shape index (κ1) is 18.6. The van der Waals surface area contributed by atoms with Crippen LogP contribution in [0.1, 0.15) is 23.5 Å². The van der Waals surface area contributed by atoms with E-state index in [1.165, 1.54) is 0 Å². The molecule has 4 rings (SSSR count). The molecule has 3 aromatic heterocycles. The largest absolute Gasteiger partial charge is 0.352 e. The smallest absolute Gasteiger partial charge is 0.170 e. The number of thiocarbonyl (C=S) groups is 1. The van der Waals surface area contributed by atoms with Crippen molar-refractivity contribution in [3.8, 4) is 5.69 Å². The molecule has 0 saturated carbocycles. The van der Waals surface area contributed by atoms with Crippen LogP contribution in [0.5, 0.6) is 0 Å². The van der Waals surface area contributed by atoms with E-state index in [2.05, 4.69) is 74.2 Å². The van der Waals surface area contributed by atoms with Gasteiger partial charge >= 0.3 is 0 Å². The van der Waals surface area contributed by atoms with E-state index in [9.17, 15) is 0 Å². The monoisotopic (exact) mass is 392 g/mol. The van der Waals surface area contributed by atoms with Gasteiger partial charge < -0.3 is 19.7 Å². The minimum Gasteiger partial charge on any atom is -0.352 e. The van der Waals surface area contributed by atoms with Gasteiger partial charge in [0.1, 0.15) is 0 Å². The summed E-state index contributed by atoms with van der Waals surface area (Å²) in [5.74, 6) is 0. The first-order valence-corrected chi connectivity index (χ1v) is 9.76. The molecule has 6 nitrogen and oxygen atoms in total. The van der Waals surface area contributed by atoms with Crippen LogP contribution in [0.3, 0.4) is 0 Å². The molecule has 1 N–H and O–H groups in total. The van der Waals surface area contributed by atoms with E-state index >= 15 is 0 Å². The lowest BCUT2D eigenvalue weighted by Crippen LogP contribution is -2.36. The van der Waals surface area contributed by atoms with Gasteiger partial charge in [-0.1, -0.05) is 6.07 Å². The third-order valence-electron chi connectivity index (χ3n) is 4.99. The summed E-state index contributed by atoms with van der Waals surface area (Å²) >= 11 is 5.73. The number of hydrogen-bond acceptors (Lipinski definition) is 4. The molecule has 0 amide bonds. The van der Waals surface area contributed by atoms with Crippen LogP contribution in [0.4, 0.5) is 0 Å². The summed E-state index contributed by atoms with van der Waals surface area (Å²) in [7, 11) is 4.16. The zero-order valence-electron chi connectivity index (χ0n) is 16.1. The molecule has 0 unspecified atom stereocenters. The zero-order valence-corrected chi connectivity index (χ0v) is 16.9. The first-order valence-electron chi connectivity index (χ1n) is 9.35. The Hall–Kier alpha value is -2.77. The second kappa shape index (κ2) is 8.08. The van der Waals surface area contributed by atoms with Gasteiger partial charge in [-0.15, -0.1) is 0 Å². The third-order valence-corrected chi connectivity index (χ3v) is 5.35. The van der Waals surface area contributed by atoms with Crippen molar-refractivity contribution >= 4 is 17.3 Å². The second-order valence-corrected chi connectivity index (χ2v) is 7.52. The highest BCUT2D eigenvalue weighted by molar-refractivity contribution is 7.80. The molecular weight excluding hydrogens is 368 g/mol. The number of hydrogen-bond donors (Lipinski definition) is 1. The normalized spacial score (nSPS) is 19.2. The quantitative estimate of drug-likeness (QED) is 0.651. The van der Waals surface area contributed by atoms with E-state index in [1.807, 2.05) is 30.6 Å². The molecule has 28 heavy (non-hydrogen) atoms. The van der Waals surface area contributed by atoms with E-state index in [-0.39, 0.29) is 12.1 Å². The molecular formula is C21H24N6S. The van der Waals surface area contributed by atoms with Crippen molar-refractivity contribution in [2.24, 2.45) is 0 Å². The Morgan fingerprint density at radius 3 is 2.71 bits per heavy atom. The van der Waals surface area contributed by atoms with Crippen molar-refractivity contribution < 1.29 is 0 Å². The number of likely N-dealkylation sites (N-methyl/N-ethyl adjacent to an activating group) is 1. The van der Waals surface area contributed by atoms with Crippen LogP contribution in [0.2, 0.25) is 0 Å². The summed E-state index contributed by atoms with van der Waals surface area (Å²) in [6, 6.07) is 14.3. The Kier molecular flexibility index (Phi) is 5.36. The fourth-order valence-electron chi connectivity index (χ4n) is 3.64. The van der Waals surface area contributed by atoms with Gasteiger partial charge in [0.15, 0.2) is 5.11 Å². The summed E-state index contributed by atoms with van der Waals surface area (Å²) < 4.78 is 2.19. The van der Waals surface area contributed by atoms with Crippen LogP contribution in [-0.2, 0) is 0 Å². The predicted molar refractivity (Wildman–Crippen MR) is 114 cm³/mol. The molecule has 0 spiro atoms. The summed E-state index contributed by atoms with van der Waals surface area (Å²) in [4.78, 5) is 13.3. The van der Waals surface area contributed by atoms with Gasteiger partial charge in [0.2, 0.25) is 0 Å². The van der Waals surface area contributed by atoms with E-state index in [4.69, 9.17) is 12.2 Å². The van der Waals surface area contributed by atoms with Gasteiger partial charge in [0, 0.05) is 37.4 Å². The van der Waals surface area contributed by atoms with E-state index in [0.29, 0.717) is 0 Å². The Morgan fingerprint density at radius 1 is 1.11 bits per heavy atom. The summed E-state index contributed by atoms with van der Waals surface area (Å²) in [5.41, 5.74) is 3.18. The Balaban J connectivity index is 1.77. The first-order chi connectivity index (χ1) is 13.6. The van der Waals surface area contributed by atoms with Crippen LogP contribution in [0, 0.1) is 0 Å². The van der Waals surface area contributed by atoms with E-state index < -0.39 is 0 Å². The van der Waals surface area contributed by atoms with Gasteiger partial charge in [-0.3, -0.25) is 9.97 Å². The molecule has 0 aliphatic carbocycles. The maximum Gasteiger partial charge on any atom is 0.170 e. The molecule has 1 saturated heterocycles. The highest BCUT2D eigenvalue weighted by atomic mass is 32.1. The Labute approximate surface area is 170 Å². The lowest BCUT2D eigenvalue weighted by atomic mass is 10.0. The van der Waals surface area contributed by atoms with Gasteiger partial charge in [-0.2, -0.15) is 0 Å². The van der Waals surface area contributed by atoms with Crippen LogP contribution >= 0.6 is 12.2 Å². The van der Waals surface area contributed by atoms with Crippen LogP contribution in [-0.4, -0.2) is 56.6 Å². The summed E-state index contributed by atoms with van der Waals surface area (Å²) in [5, 5.41) is 4.27. The molecule has 1 aliphatic rings. The fraction of sp³-hybridized carbons (Fsp3) is 0.286.